The van der Waals surface area contributed by atoms with Gasteiger partial charge in [0.1, 0.15) is 6.61 Å². The number of anilines is 1. The molecule has 4 rings (SSSR count). The maximum atomic E-state index is 13.0. The lowest BCUT2D eigenvalue weighted by molar-refractivity contribution is 0.155. The fourth-order valence-corrected chi connectivity index (χ4v) is 3.53. The van der Waals surface area contributed by atoms with Gasteiger partial charge in [0.25, 0.3) is 5.56 Å². The number of hydrogen-bond donors (Lipinski definition) is 1. The quantitative estimate of drug-likeness (QED) is 0.432. The van der Waals surface area contributed by atoms with Crippen LogP contribution < -0.4 is 10.9 Å². The third-order valence-electron chi connectivity index (χ3n) is 4.64. The highest BCUT2D eigenvalue weighted by Gasteiger charge is 2.10. The van der Waals surface area contributed by atoms with Crippen molar-refractivity contribution in [2.24, 2.45) is 0 Å². The standard InChI is InChI=1S/C23H17Cl2N3O3/c24-17-7-6-16(20(25)10-17)12-28-14-26-21-9-8-18(11-19(21)22(28)29)27-23(30)31-13-15-4-2-1-3-5-15/h1-11,14H,12-13H2,(H,27,30). The molecule has 0 saturated carbocycles. The Hall–Kier alpha value is -3.35. The number of halogens is 2. The van der Waals surface area contributed by atoms with Gasteiger partial charge in [0.2, 0.25) is 0 Å². The molecule has 1 heterocycles. The highest BCUT2D eigenvalue weighted by molar-refractivity contribution is 6.35. The molecular formula is C23H17Cl2N3O3. The summed E-state index contributed by atoms with van der Waals surface area (Å²) < 4.78 is 6.68. The molecule has 6 nitrogen and oxygen atoms in total. The molecule has 0 unspecified atom stereocenters. The largest absolute Gasteiger partial charge is 0.444 e. The van der Waals surface area contributed by atoms with Gasteiger partial charge in [-0.1, -0.05) is 59.6 Å². The number of aromatic nitrogens is 2. The van der Waals surface area contributed by atoms with Gasteiger partial charge in [-0.25, -0.2) is 9.78 Å². The number of carbonyl (C=O) groups excluding carboxylic acids is 1. The zero-order valence-electron chi connectivity index (χ0n) is 16.2. The van der Waals surface area contributed by atoms with Crippen molar-refractivity contribution in [1.29, 1.82) is 0 Å². The number of fused-ring (bicyclic) bond motifs is 1. The number of hydrogen-bond acceptors (Lipinski definition) is 4. The van der Waals surface area contributed by atoms with Crippen LogP contribution in [0.25, 0.3) is 10.9 Å². The van der Waals surface area contributed by atoms with Gasteiger partial charge in [-0.2, -0.15) is 0 Å². The molecule has 4 aromatic rings. The molecule has 0 aliphatic carbocycles. The van der Waals surface area contributed by atoms with Crippen LogP contribution >= 0.6 is 23.2 Å². The Bertz CT molecular complexity index is 1310. The van der Waals surface area contributed by atoms with Crippen LogP contribution in [0.3, 0.4) is 0 Å². The lowest BCUT2D eigenvalue weighted by atomic mass is 10.2. The summed E-state index contributed by atoms with van der Waals surface area (Å²) >= 11 is 12.2. The lowest BCUT2D eigenvalue weighted by Crippen LogP contribution is -2.21. The van der Waals surface area contributed by atoms with Gasteiger partial charge in [-0.05, 0) is 41.5 Å². The van der Waals surface area contributed by atoms with E-state index in [-0.39, 0.29) is 18.7 Å². The van der Waals surface area contributed by atoms with Crippen molar-refractivity contribution in [3.05, 3.63) is 105 Å². The summed E-state index contributed by atoms with van der Waals surface area (Å²) in [4.78, 5) is 29.4. The minimum Gasteiger partial charge on any atom is -0.444 e. The van der Waals surface area contributed by atoms with Crippen LogP contribution in [0.2, 0.25) is 10.0 Å². The summed E-state index contributed by atoms with van der Waals surface area (Å²) in [5, 5.41) is 4.00. The molecule has 0 spiro atoms. The van der Waals surface area contributed by atoms with Crippen molar-refractivity contribution < 1.29 is 9.53 Å². The number of rotatable bonds is 5. The molecule has 3 aromatic carbocycles. The van der Waals surface area contributed by atoms with Gasteiger partial charge < -0.3 is 4.74 Å². The van der Waals surface area contributed by atoms with Gasteiger partial charge >= 0.3 is 6.09 Å². The van der Waals surface area contributed by atoms with E-state index in [0.717, 1.165) is 11.1 Å². The average Bonchev–Trinajstić information content (AvgIpc) is 2.77. The molecule has 1 amide bonds. The van der Waals surface area contributed by atoms with Crippen molar-refractivity contribution in [2.45, 2.75) is 13.2 Å². The van der Waals surface area contributed by atoms with E-state index in [2.05, 4.69) is 10.3 Å². The van der Waals surface area contributed by atoms with E-state index in [9.17, 15) is 9.59 Å². The number of carbonyl (C=O) groups is 1. The first kappa shape index (κ1) is 20.9. The van der Waals surface area contributed by atoms with Crippen molar-refractivity contribution in [2.75, 3.05) is 5.32 Å². The SMILES string of the molecule is O=C(Nc1ccc2ncn(Cc3ccc(Cl)cc3Cl)c(=O)c2c1)OCc1ccccc1. The minimum atomic E-state index is -0.611. The molecule has 0 bridgehead atoms. The Morgan fingerprint density at radius 3 is 2.61 bits per heavy atom. The van der Waals surface area contributed by atoms with Gasteiger partial charge in [0.15, 0.2) is 0 Å². The van der Waals surface area contributed by atoms with E-state index in [4.69, 9.17) is 27.9 Å². The molecule has 0 atom stereocenters. The van der Waals surface area contributed by atoms with E-state index in [0.29, 0.717) is 26.6 Å². The molecule has 156 valence electrons. The summed E-state index contributed by atoms with van der Waals surface area (Å²) in [6.45, 7) is 0.394. The van der Waals surface area contributed by atoms with Crippen molar-refractivity contribution >= 4 is 45.9 Å². The maximum Gasteiger partial charge on any atom is 0.411 e. The van der Waals surface area contributed by atoms with E-state index >= 15 is 0 Å². The smallest absolute Gasteiger partial charge is 0.411 e. The van der Waals surface area contributed by atoms with Gasteiger partial charge in [-0.15, -0.1) is 0 Å². The molecular weight excluding hydrogens is 437 g/mol. The van der Waals surface area contributed by atoms with Crippen LogP contribution in [0.1, 0.15) is 11.1 Å². The molecule has 0 aliphatic heterocycles. The fourth-order valence-electron chi connectivity index (χ4n) is 3.06. The zero-order chi connectivity index (χ0) is 21.8. The van der Waals surface area contributed by atoms with Crippen LogP contribution in [0.5, 0.6) is 0 Å². The van der Waals surface area contributed by atoms with Crippen molar-refractivity contribution in [3.63, 3.8) is 0 Å². The average molecular weight is 454 g/mol. The van der Waals surface area contributed by atoms with Crippen LogP contribution in [0, 0.1) is 0 Å². The summed E-state index contributed by atoms with van der Waals surface area (Å²) in [6, 6.07) is 19.4. The highest BCUT2D eigenvalue weighted by Crippen LogP contribution is 2.22. The van der Waals surface area contributed by atoms with E-state index in [1.165, 1.54) is 10.9 Å². The first-order valence-electron chi connectivity index (χ1n) is 9.40. The topological polar surface area (TPSA) is 73.2 Å². The first-order valence-corrected chi connectivity index (χ1v) is 10.2. The second-order valence-electron chi connectivity index (χ2n) is 6.83. The lowest BCUT2D eigenvalue weighted by Gasteiger charge is -2.10. The summed E-state index contributed by atoms with van der Waals surface area (Å²) in [6.07, 6.45) is 0.858. The Morgan fingerprint density at radius 1 is 1.03 bits per heavy atom. The highest BCUT2D eigenvalue weighted by atomic mass is 35.5. The molecule has 0 radical (unpaired) electrons. The third-order valence-corrected chi connectivity index (χ3v) is 5.23. The molecule has 0 aliphatic rings. The summed E-state index contributed by atoms with van der Waals surface area (Å²) in [5.41, 5.74) is 2.33. The van der Waals surface area contributed by atoms with Crippen molar-refractivity contribution in [3.8, 4) is 0 Å². The predicted octanol–water partition coefficient (Wildman–Crippen LogP) is 5.50. The molecule has 8 heteroatoms. The van der Waals surface area contributed by atoms with E-state index in [1.54, 1.807) is 36.4 Å². The normalized spacial score (nSPS) is 10.8. The Balaban J connectivity index is 1.53. The fraction of sp³-hybridized carbons (Fsp3) is 0.0870. The molecule has 0 fully saturated rings. The molecule has 1 aromatic heterocycles. The van der Waals surface area contributed by atoms with Gasteiger partial charge in [-0.3, -0.25) is 14.7 Å². The number of nitrogens with zero attached hydrogens (tertiary/aromatic N) is 2. The number of nitrogens with one attached hydrogen (secondary N) is 1. The molecule has 0 saturated heterocycles. The number of benzene rings is 3. The van der Waals surface area contributed by atoms with E-state index < -0.39 is 6.09 Å². The van der Waals surface area contributed by atoms with Crippen LogP contribution in [-0.2, 0) is 17.9 Å². The van der Waals surface area contributed by atoms with E-state index in [1.807, 2.05) is 30.3 Å². The van der Waals surface area contributed by atoms with Gasteiger partial charge in [0, 0.05) is 15.7 Å². The second-order valence-corrected chi connectivity index (χ2v) is 7.68. The molecule has 31 heavy (non-hydrogen) atoms. The molecule has 1 N–H and O–H groups in total. The monoisotopic (exact) mass is 453 g/mol. The first-order chi connectivity index (χ1) is 15.0. The third kappa shape index (κ3) is 5.05. The maximum absolute atomic E-state index is 13.0. The Kier molecular flexibility index (Phi) is 6.21. The second kappa shape index (κ2) is 9.20. The number of ether oxygens (including phenoxy) is 1. The van der Waals surface area contributed by atoms with Crippen molar-refractivity contribution in [1.82, 2.24) is 9.55 Å². The minimum absolute atomic E-state index is 0.149. The Morgan fingerprint density at radius 2 is 1.84 bits per heavy atom. The number of amides is 1. The van der Waals surface area contributed by atoms with Gasteiger partial charge in [0.05, 0.1) is 23.8 Å². The zero-order valence-corrected chi connectivity index (χ0v) is 17.7. The summed E-state index contributed by atoms with van der Waals surface area (Å²) in [7, 11) is 0. The van der Waals surface area contributed by atoms with Crippen LogP contribution in [-0.4, -0.2) is 15.6 Å². The Labute approximate surface area is 188 Å². The van der Waals surface area contributed by atoms with Crippen LogP contribution in [0.4, 0.5) is 10.5 Å². The van der Waals surface area contributed by atoms with Crippen LogP contribution in [0.15, 0.2) is 77.9 Å². The summed E-state index contributed by atoms with van der Waals surface area (Å²) in [5.74, 6) is 0. The predicted molar refractivity (Wildman–Crippen MR) is 122 cm³/mol.